The molecule has 1 N–H and O–H groups in total. The number of rotatable bonds is 5. The summed E-state index contributed by atoms with van der Waals surface area (Å²) in [6.07, 6.45) is 0. The lowest BCUT2D eigenvalue weighted by atomic mass is 10.0. The normalized spacial score (nSPS) is 14.0. The first-order valence-corrected chi connectivity index (χ1v) is 10.2. The van der Waals surface area contributed by atoms with Gasteiger partial charge in [0.05, 0.1) is 16.3 Å². The number of imide groups is 1. The Morgan fingerprint density at radius 1 is 0.903 bits per heavy atom. The number of hydrogen-bond acceptors (Lipinski definition) is 3. The van der Waals surface area contributed by atoms with Crippen LogP contribution in [-0.2, 0) is 9.59 Å². The summed E-state index contributed by atoms with van der Waals surface area (Å²) in [7, 11) is 0. The lowest BCUT2D eigenvalue weighted by Crippen LogP contribution is -2.32. The Bertz CT molecular complexity index is 1190. The zero-order valence-corrected chi connectivity index (χ0v) is 17.8. The highest BCUT2D eigenvalue weighted by atomic mass is 35.5. The monoisotopic (exact) mass is 434 g/mol. The predicted octanol–water partition coefficient (Wildman–Crippen LogP) is 6.00. The Kier molecular flexibility index (Phi) is 5.61. The number of nitrogens with zero attached hydrogens (tertiary/aromatic N) is 1. The van der Waals surface area contributed by atoms with Crippen LogP contribution in [-0.4, -0.2) is 11.8 Å². The number of hydrogen-bond donors (Lipinski definition) is 1. The number of anilines is 2. The molecule has 156 valence electrons. The van der Waals surface area contributed by atoms with Gasteiger partial charge in [0.15, 0.2) is 0 Å². The number of carbonyl (C=O) groups excluding carboxylic acids is 2. The van der Waals surface area contributed by atoms with E-state index >= 15 is 0 Å². The topological polar surface area (TPSA) is 49.4 Å². The maximum Gasteiger partial charge on any atom is 0.282 e. The molecule has 4 nitrogen and oxygen atoms in total. The Labute approximate surface area is 185 Å². The summed E-state index contributed by atoms with van der Waals surface area (Å²) in [5, 5.41) is 2.96. The summed E-state index contributed by atoms with van der Waals surface area (Å²) in [6.45, 7) is 4.20. The highest BCUT2D eigenvalue weighted by molar-refractivity contribution is 6.46. The molecule has 0 aliphatic carbocycles. The van der Waals surface area contributed by atoms with Crippen LogP contribution in [0.4, 0.5) is 15.8 Å². The molecule has 3 aromatic carbocycles. The zero-order valence-electron chi connectivity index (χ0n) is 17.0. The molecule has 1 aliphatic heterocycles. The molecule has 6 heteroatoms. The second-order valence-electron chi connectivity index (χ2n) is 7.56. The summed E-state index contributed by atoms with van der Waals surface area (Å²) in [4.78, 5) is 27.7. The van der Waals surface area contributed by atoms with Crippen molar-refractivity contribution < 1.29 is 14.0 Å². The molecule has 31 heavy (non-hydrogen) atoms. The molecule has 0 saturated heterocycles. The van der Waals surface area contributed by atoms with E-state index in [-0.39, 0.29) is 22.0 Å². The van der Waals surface area contributed by atoms with Crippen LogP contribution in [0.15, 0.2) is 78.5 Å². The van der Waals surface area contributed by atoms with Gasteiger partial charge in [-0.2, -0.15) is 0 Å². The summed E-state index contributed by atoms with van der Waals surface area (Å²) in [5.41, 5.74) is 3.08. The minimum absolute atomic E-state index is 0.161. The first kappa shape index (κ1) is 20.8. The molecule has 1 aliphatic rings. The van der Waals surface area contributed by atoms with Crippen molar-refractivity contribution in [3.63, 3.8) is 0 Å². The molecular formula is C25H20ClFN2O2. The van der Waals surface area contributed by atoms with Gasteiger partial charge < -0.3 is 5.32 Å². The maximum atomic E-state index is 13.6. The lowest BCUT2D eigenvalue weighted by molar-refractivity contribution is -0.120. The smallest absolute Gasteiger partial charge is 0.282 e. The molecule has 4 rings (SSSR count). The third kappa shape index (κ3) is 3.97. The second-order valence-corrected chi connectivity index (χ2v) is 7.97. The van der Waals surface area contributed by atoms with Gasteiger partial charge in [-0.3, -0.25) is 9.59 Å². The quantitative estimate of drug-likeness (QED) is 0.501. The van der Waals surface area contributed by atoms with E-state index in [0.29, 0.717) is 17.2 Å². The number of nitrogens with one attached hydrogen (secondary N) is 1. The van der Waals surface area contributed by atoms with Crippen molar-refractivity contribution >= 4 is 40.4 Å². The van der Waals surface area contributed by atoms with Crippen molar-refractivity contribution in [2.45, 2.75) is 19.8 Å². The standard InChI is InChI=1S/C25H20ClFN2O2/c1-15(2)16-8-10-18(11-9-16)28-23-22(17-6-4-3-5-7-17)24(30)29(25(23)31)19-12-13-21(27)20(26)14-19/h3-15,28H,1-2H3. The maximum absolute atomic E-state index is 13.6. The molecule has 0 bridgehead atoms. The molecule has 2 amide bonds. The van der Waals surface area contributed by atoms with E-state index in [9.17, 15) is 14.0 Å². The average molecular weight is 435 g/mol. The van der Waals surface area contributed by atoms with Crippen molar-refractivity contribution in [2.75, 3.05) is 10.2 Å². The van der Waals surface area contributed by atoms with Crippen LogP contribution in [0.3, 0.4) is 0 Å². The van der Waals surface area contributed by atoms with E-state index in [2.05, 4.69) is 19.2 Å². The SMILES string of the molecule is CC(C)c1ccc(NC2=C(c3ccccc3)C(=O)N(c3ccc(F)c(Cl)c3)C2=O)cc1. The van der Waals surface area contributed by atoms with Gasteiger partial charge in [-0.25, -0.2) is 9.29 Å². The van der Waals surface area contributed by atoms with Crippen molar-refractivity contribution in [3.05, 3.63) is 100 Å². The van der Waals surface area contributed by atoms with Crippen LogP contribution in [0.5, 0.6) is 0 Å². The number of amides is 2. The van der Waals surface area contributed by atoms with Crippen LogP contribution >= 0.6 is 11.6 Å². The largest absolute Gasteiger partial charge is 0.350 e. The van der Waals surface area contributed by atoms with Crippen molar-refractivity contribution in [2.24, 2.45) is 0 Å². The van der Waals surface area contributed by atoms with E-state index in [4.69, 9.17) is 11.6 Å². The van der Waals surface area contributed by atoms with E-state index in [1.165, 1.54) is 17.7 Å². The van der Waals surface area contributed by atoms with Crippen molar-refractivity contribution in [1.82, 2.24) is 0 Å². The first-order chi connectivity index (χ1) is 14.9. The number of benzene rings is 3. The van der Waals surface area contributed by atoms with Gasteiger partial charge in [0.25, 0.3) is 11.8 Å². The van der Waals surface area contributed by atoms with Gasteiger partial charge in [-0.1, -0.05) is 67.9 Å². The molecule has 0 saturated carbocycles. The van der Waals surface area contributed by atoms with E-state index in [1.54, 1.807) is 24.3 Å². The first-order valence-electron chi connectivity index (χ1n) is 9.87. The third-order valence-corrected chi connectivity index (χ3v) is 5.44. The van der Waals surface area contributed by atoms with Crippen LogP contribution in [0, 0.1) is 5.82 Å². The molecular weight excluding hydrogens is 415 g/mol. The van der Waals surface area contributed by atoms with Crippen LogP contribution < -0.4 is 10.2 Å². The zero-order chi connectivity index (χ0) is 22.1. The molecule has 1 heterocycles. The average Bonchev–Trinajstić information content (AvgIpc) is 3.00. The molecule has 0 atom stereocenters. The second kappa shape index (κ2) is 8.36. The fraction of sp³-hybridized carbons (Fsp3) is 0.120. The third-order valence-electron chi connectivity index (χ3n) is 5.15. The molecule has 0 aromatic heterocycles. The van der Waals surface area contributed by atoms with Gasteiger partial charge in [-0.15, -0.1) is 0 Å². The minimum atomic E-state index is -0.621. The van der Waals surface area contributed by atoms with Crippen LogP contribution in [0.25, 0.3) is 5.57 Å². The predicted molar refractivity (Wildman–Crippen MR) is 121 cm³/mol. The summed E-state index contributed by atoms with van der Waals surface area (Å²) in [6, 6.07) is 20.4. The molecule has 0 radical (unpaired) electrons. The van der Waals surface area contributed by atoms with E-state index in [0.717, 1.165) is 11.0 Å². The summed E-state index contributed by atoms with van der Waals surface area (Å²) < 4.78 is 13.6. The number of carbonyl (C=O) groups is 2. The van der Waals surface area contributed by atoms with Crippen LogP contribution in [0.2, 0.25) is 5.02 Å². The summed E-state index contributed by atoms with van der Waals surface area (Å²) in [5.74, 6) is -1.27. The molecule has 0 unspecified atom stereocenters. The summed E-state index contributed by atoms with van der Waals surface area (Å²) >= 11 is 5.89. The van der Waals surface area contributed by atoms with Crippen molar-refractivity contribution in [1.29, 1.82) is 0 Å². The Morgan fingerprint density at radius 2 is 1.58 bits per heavy atom. The van der Waals surface area contributed by atoms with Crippen molar-refractivity contribution in [3.8, 4) is 0 Å². The van der Waals surface area contributed by atoms with Gasteiger partial charge in [-0.05, 0) is 47.4 Å². The van der Waals surface area contributed by atoms with Gasteiger partial charge in [0.1, 0.15) is 11.5 Å². The number of halogens is 2. The Balaban J connectivity index is 1.77. The van der Waals surface area contributed by atoms with Gasteiger partial charge >= 0.3 is 0 Å². The van der Waals surface area contributed by atoms with E-state index < -0.39 is 17.6 Å². The fourth-order valence-electron chi connectivity index (χ4n) is 3.47. The Hall–Kier alpha value is -3.44. The highest BCUT2D eigenvalue weighted by Gasteiger charge is 2.40. The Morgan fingerprint density at radius 3 is 2.19 bits per heavy atom. The fourth-order valence-corrected chi connectivity index (χ4v) is 3.65. The van der Waals surface area contributed by atoms with Gasteiger partial charge in [0.2, 0.25) is 0 Å². The van der Waals surface area contributed by atoms with E-state index in [1.807, 2.05) is 30.3 Å². The molecule has 0 spiro atoms. The molecule has 0 fully saturated rings. The highest BCUT2D eigenvalue weighted by Crippen LogP contribution is 2.35. The van der Waals surface area contributed by atoms with Gasteiger partial charge in [0, 0.05) is 5.69 Å². The lowest BCUT2D eigenvalue weighted by Gasteiger charge is -2.16. The van der Waals surface area contributed by atoms with Crippen LogP contribution in [0.1, 0.15) is 30.9 Å². The minimum Gasteiger partial charge on any atom is -0.350 e. The molecule has 3 aromatic rings.